The van der Waals surface area contributed by atoms with Crippen LogP contribution in [-0.2, 0) is 24.2 Å². The lowest BCUT2D eigenvalue weighted by molar-refractivity contribution is -0.132. The molecule has 0 N–H and O–H groups in total. The van der Waals surface area contributed by atoms with Gasteiger partial charge in [0.1, 0.15) is 5.76 Å². The fourth-order valence-electron chi connectivity index (χ4n) is 4.81. The Morgan fingerprint density at radius 2 is 1.81 bits per heavy atom. The van der Waals surface area contributed by atoms with Crippen molar-refractivity contribution < 1.29 is 9.21 Å². The van der Waals surface area contributed by atoms with Crippen molar-refractivity contribution in [1.29, 1.82) is 0 Å². The van der Waals surface area contributed by atoms with Gasteiger partial charge in [-0.1, -0.05) is 30.3 Å². The van der Waals surface area contributed by atoms with Crippen molar-refractivity contribution in [2.75, 3.05) is 20.1 Å². The van der Waals surface area contributed by atoms with E-state index < -0.39 is 0 Å². The molecule has 1 aliphatic heterocycles. The van der Waals surface area contributed by atoms with E-state index in [1.54, 1.807) is 6.26 Å². The lowest BCUT2D eigenvalue weighted by atomic mass is 9.84. The van der Waals surface area contributed by atoms with E-state index in [9.17, 15) is 4.79 Å². The summed E-state index contributed by atoms with van der Waals surface area (Å²) >= 11 is 0. The van der Waals surface area contributed by atoms with E-state index in [4.69, 9.17) is 4.42 Å². The summed E-state index contributed by atoms with van der Waals surface area (Å²) in [6.45, 7) is 2.59. The predicted molar refractivity (Wildman–Crippen MR) is 126 cm³/mol. The van der Waals surface area contributed by atoms with E-state index >= 15 is 0 Å². The van der Waals surface area contributed by atoms with Gasteiger partial charge in [0.05, 0.1) is 6.26 Å². The van der Waals surface area contributed by atoms with Crippen LogP contribution in [0.1, 0.15) is 36.1 Å². The van der Waals surface area contributed by atoms with Crippen molar-refractivity contribution in [3.05, 3.63) is 90.1 Å². The third kappa shape index (κ3) is 6.07. The van der Waals surface area contributed by atoms with E-state index in [0.717, 1.165) is 44.7 Å². The van der Waals surface area contributed by atoms with Crippen molar-refractivity contribution in [2.45, 2.75) is 44.7 Å². The highest BCUT2D eigenvalue weighted by Crippen LogP contribution is 2.28. The van der Waals surface area contributed by atoms with Crippen LogP contribution in [0.2, 0.25) is 0 Å². The molecule has 2 aromatic heterocycles. The summed E-state index contributed by atoms with van der Waals surface area (Å²) < 4.78 is 5.37. The zero-order chi connectivity index (χ0) is 22.2. The summed E-state index contributed by atoms with van der Waals surface area (Å²) in [5, 5.41) is 0. The Morgan fingerprint density at radius 3 is 2.50 bits per heavy atom. The lowest BCUT2D eigenvalue weighted by Crippen LogP contribution is -2.46. The number of aryl methyl sites for hydroxylation is 1. The highest BCUT2D eigenvalue weighted by Gasteiger charge is 2.30. The van der Waals surface area contributed by atoms with Crippen LogP contribution in [0.15, 0.2) is 77.7 Å². The number of likely N-dealkylation sites (tertiary alicyclic amines) is 1. The van der Waals surface area contributed by atoms with Gasteiger partial charge in [-0.15, -0.1) is 0 Å². The predicted octanol–water partition coefficient (Wildman–Crippen LogP) is 4.59. The van der Waals surface area contributed by atoms with E-state index in [-0.39, 0.29) is 5.91 Å². The first-order valence-corrected chi connectivity index (χ1v) is 11.6. The SMILES string of the molecule is CN(Cc1ccncc1)C(Cc1ccccc1)C1CCN(C(=O)CCc2ccco2)CC1. The lowest BCUT2D eigenvalue weighted by Gasteiger charge is -2.40. The van der Waals surface area contributed by atoms with E-state index in [0.29, 0.717) is 24.8 Å². The molecule has 1 unspecified atom stereocenters. The number of pyridine rings is 1. The molecule has 1 saturated heterocycles. The van der Waals surface area contributed by atoms with Crippen molar-refractivity contribution in [3.63, 3.8) is 0 Å². The van der Waals surface area contributed by atoms with Gasteiger partial charge >= 0.3 is 0 Å². The van der Waals surface area contributed by atoms with E-state index in [2.05, 4.69) is 59.4 Å². The van der Waals surface area contributed by atoms with Crippen LogP contribution in [0, 0.1) is 5.92 Å². The number of likely N-dealkylation sites (N-methyl/N-ethyl adjacent to an activating group) is 1. The average Bonchev–Trinajstić information content (AvgIpc) is 3.36. The number of aromatic nitrogens is 1. The van der Waals surface area contributed by atoms with Crippen LogP contribution < -0.4 is 0 Å². The molecule has 5 nitrogen and oxygen atoms in total. The summed E-state index contributed by atoms with van der Waals surface area (Å²) in [5.41, 5.74) is 2.65. The number of piperidine rings is 1. The second-order valence-corrected chi connectivity index (χ2v) is 8.83. The van der Waals surface area contributed by atoms with Gasteiger partial charge in [-0.3, -0.25) is 14.7 Å². The monoisotopic (exact) mass is 431 g/mol. The first-order valence-electron chi connectivity index (χ1n) is 11.6. The molecule has 4 rings (SSSR count). The molecule has 5 heteroatoms. The minimum Gasteiger partial charge on any atom is -0.469 e. The third-order valence-corrected chi connectivity index (χ3v) is 6.64. The summed E-state index contributed by atoms with van der Waals surface area (Å²) in [7, 11) is 2.23. The molecule has 1 fully saturated rings. The van der Waals surface area contributed by atoms with Crippen LogP contribution in [0.25, 0.3) is 0 Å². The Morgan fingerprint density at radius 1 is 1.06 bits per heavy atom. The smallest absolute Gasteiger partial charge is 0.223 e. The molecule has 168 valence electrons. The van der Waals surface area contributed by atoms with Gasteiger partial charge < -0.3 is 9.32 Å². The van der Waals surface area contributed by atoms with Gasteiger partial charge in [-0.25, -0.2) is 0 Å². The van der Waals surface area contributed by atoms with Crippen LogP contribution in [0.4, 0.5) is 0 Å². The molecule has 3 heterocycles. The second kappa shape index (κ2) is 11.1. The summed E-state index contributed by atoms with van der Waals surface area (Å²) in [4.78, 5) is 21.4. The fraction of sp³-hybridized carbons (Fsp3) is 0.407. The van der Waals surface area contributed by atoms with Crippen LogP contribution in [0.5, 0.6) is 0 Å². The quantitative estimate of drug-likeness (QED) is 0.497. The standard InChI is InChI=1S/C27H33N3O2/c1-29(21-23-11-15-28-16-12-23)26(20-22-6-3-2-4-7-22)24-13-17-30(18-14-24)27(31)10-9-25-8-5-19-32-25/h2-8,11-12,15-16,19,24,26H,9-10,13-14,17-18,20-21H2,1H3. The van der Waals surface area contributed by atoms with E-state index in [1.165, 1.54) is 11.1 Å². The van der Waals surface area contributed by atoms with Crippen molar-refractivity contribution >= 4 is 5.91 Å². The molecule has 1 amide bonds. The number of benzene rings is 1. The van der Waals surface area contributed by atoms with E-state index in [1.807, 2.05) is 29.4 Å². The van der Waals surface area contributed by atoms with Gasteiger partial charge in [-0.05, 0) is 67.6 Å². The van der Waals surface area contributed by atoms with Crippen LogP contribution >= 0.6 is 0 Å². The highest BCUT2D eigenvalue weighted by molar-refractivity contribution is 5.76. The molecule has 1 aromatic carbocycles. The zero-order valence-electron chi connectivity index (χ0n) is 18.9. The fourth-order valence-corrected chi connectivity index (χ4v) is 4.81. The number of carbonyl (C=O) groups excluding carboxylic acids is 1. The number of hydrogen-bond donors (Lipinski definition) is 0. The Hall–Kier alpha value is -2.92. The molecule has 0 saturated carbocycles. The second-order valence-electron chi connectivity index (χ2n) is 8.83. The van der Waals surface area contributed by atoms with Gasteiger partial charge in [0.25, 0.3) is 0 Å². The molecule has 1 atom stereocenters. The largest absolute Gasteiger partial charge is 0.469 e. The third-order valence-electron chi connectivity index (χ3n) is 6.64. The Kier molecular flexibility index (Phi) is 7.73. The number of furan rings is 1. The molecule has 0 spiro atoms. The zero-order valence-corrected chi connectivity index (χ0v) is 18.9. The van der Waals surface area contributed by atoms with Crippen molar-refractivity contribution in [2.24, 2.45) is 5.92 Å². The molecule has 0 aliphatic carbocycles. The summed E-state index contributed by atoms with van der Waals surface area (Å²) in [5.74, 6) is 1.69. The van der Waals surface area contributed by atoms with Gasteiger partial charge in [0.15, 0.2) is 0 Å². The Balaban J connectivity index is 1.37. The summed E-state index contributed by atoms with van der Waals surface area (Å²) in [6, 6.07) is 19.2. The maximum atomic E-state index is 12.7. The number of hydrogen-bond acceptors (Lipinski definition) is 4. The minimum atomic E-state index is 0.240. The van der Waals surface area contributed by atoms with Gasteiger partial charge in [0, 0.05) is 50.9 Å². The number of amides is 1. The number of carbonyl (C=O) groups is 1. The van der Waals surface area contributed by atoms with Gasteiger partial charge in [0.2, 0.25) is 5.91 Å². The number of rotatable bonds is 9. The minimum absolute atomic E-state index is 0.240. The van der Waals surface area contributed by atoms with Crippen LogP contribution in [0.3, 0.4) is 0 Å². The Labute approximate surface area is 191 Å². The average molecular weight is 432 g/mol. The normalized spacial score (nSPS) is 15.8. The highest BCUT2D eigenvalue weighted by atomic mass is 16.3. The Bertz CT molecular complexity index is 936. The molecular weight excluding hydrogens is 398 g/mol. The van der Waals surface area contributed by atoms with Crippen molar-refractivity contribution in [3.8, 4) is 0 Å². The number of nitrogens with zero attached hydrogens (tertiary/aromatic N) is 3. The molecule has 32 heavy (non-hydrogen) atoms. The van der Waals surface area contributed by atoms with Crippen molar-refractivity contribution in [1.82, 2.24) is 14.8 Å². The molecule has 0 bridgehead atoms. The summed E-state index contributed by atoms with van der Waals surface area (Å²) in [6.07, 6.45) is 9.71. The van der Waals surface area contributed by atoms with Gasteiger partial charge in [-0.2, -0.15) is 0 Å². The first kappa shape index (κ1) is 22.3. The van der Waals surface area contributed by atoms with Crippen LogP contribution in [-0.4, -0.2) is 46.9 Å². The topological polar surface area (TPSA) is 49.6 Å². The maximum absolute atomic E-state index is 12.7. The maximum Gasteiger partial charge on any atom is 0.223 e. The first-order chi connectivity index (χ1) is 15.7. The molecule has 1 aliphatic rings. The molecule has 0 radical (unpaired) electrons. The molecular formula is C27H33N3O2. The molecule has 3 aromatic rings.